The number of halogens is 4. The average Bonchev–Trinajstić information content (AvgIpc) is 2.89. The van der Waals surface area contributed by atoms with Gasteiger partial charge < -0.3 is 10.0 Å². The molecule has 1 amide bonds. The Morgan fingerprint density at radius 2 is 1.83 bits per heavy atom. The number of hydrogen-bond acceptors (Lipinski definition) is 3. The van der Waals surface area contributed by atoms with E-state index in [9.17, 15) is 27.5 Å². The molecular formula is C16H18F4N2O2. The number of β-amino-alcohol motifs (C(OH)–C–C–N with tert-alkyl or cyclic N) is 1. The molecule has 8 heteroatoms. The fourth-order valence-corrected chi connectivity index (χ4v) is 3.31. The lowest BCUT2D eigenvalue weighted by molar-refractivity contribution is -0.0697. The van der Waals surface area contributed by atoms with Crippen molar-refractivity contribution in [3.8, 4) is 0 Å². The highest BCUT2D eigenvalue weighted by Crippen LogP contribution is 2.30. The molecule has 2 fully saturated rings. The highest BCUT2D eigenvalue weighted by molar-refractivity contribution is 5.94. The van der Waals surface area contributed by atoms with Crippen LogP contribution < -0.4 is 0 Å². The standard InChI is InChI=1S/C16H18F4N2O2/c17-10-1-2-11(12(18)7-10)15(24)22-8-13(14(23)9-22)21-5-3-16(19,20)4-6-21/h1-2,7,13-14,23H,3-6,8-9H2/t13-,14-/m1/s1. The minimum absolute atomic E-state index is 0.00674. The van der Waals surface area contributed by atoms with E-state index in [2.05, 4.69) is 0 Å². The third-order valence-electron chi connectivity index (χ3n) is 4.71. The molecule has 0 radical (unpaired) electrons. The van der Waals surface area contributed by atoms with Crippen LogP contribution in [0.3, 0.4) is 0 Å². The van der Waals surface area contributed by atoms with E-state index in [1.165, 1.54) is 4.90 Å². The number of aliphatic hydroxyl groups excluding tert-OH is 1. The van der Waals surface area contributed by atoms with Crippen LogP contribution in [0.4, 0.5) is 17.6 Å². The molecule has 0 aromatic heterocycles. The van der Waals surface area contributed by atoms with Crippen molar-refractivity contribution in [2.24, 2.45) is 0 Å². The molecular weight excluding hydrogens is 328 g/mol. The van der Waals surface area contributed by atoms with Gasteiger partial charge in [-0.25, -0.2) is 17.6 Å². The van der Waals surface area contributed by atoms with E-state index in [-0.39, 0.29) is 44.6 Å². The van der Waals surface area contributed by atoms with Gasteiger partial charge in [0.05, 0.1) is 17.7 Å². The minimum atomic E-state index is -2.69. The first-order valence-electron chi connectivity index (χ1n) is 7.81. The van der Waals surface area contributed by atoms with E-state index in [1.54, 1.807) is 4.90 Å². The summed E-state index contributed by atoms with van der Waals surface area (Å²) in [6.07, 6.45) is -1.45. The highest BCUT2D eigenvalue weighted by Gasteiger charge is 2.42. The molecule has 4 nitrogen and oxygen atoms in total. The van der Waals surface area contributed by atoms with Crippen LogP contribution in [0, 0.1) is 11.6 Å². The topological polar surface area (TPSA) is 43.8 Å². The Balaban J connectivity index is 1.68. The summed E-state index contributed by atoms with van der Waals surface area (Å²) in [4.78, 5) is 15.4. The molecule has 0 aliphatic carbocycles. The zero-order valence-corrected chi connectivity index (χ0v) is 12.9. The molecule has 24 heavy (non-hydrogen) atoms. The lowest BCUT2D eigenvalue weighted by atomic mass is 10.0. The number of likely N-dealkylation sites (tertiary alicyclic amines) is 2. The van der Waals surface area contributed by atoms with E-state index in [1.807, 2.05) is 0 Å². The van der Waals surface area contributed by atoms with E-state index in [4.69, 9.17) is 0 Å². The molecule has 0 saturated carbocycles. The largest absolute Gasteiger partial charge is 0.390 e. The predicted octanol–water partition coefficient (Wildman–Crippen LogP) is 1.88. The molecule has 3 rings (SSSR count). The number of rotatable bonds is 2. The quantitative estimate of drug-likeness (QED) is 0.832. The van der Waals surface area contributed by atoms with E-state index in [0.717, 1.165) is 12.1 Å². The Morgan fingerprint density at radius 1 is 1.17 bits per heavy atom. The second-order valence-electron chi connectivity index (χ2n) is 6.36. The molecule has 1 aromatic carbocycles. The van der Waals surface area contributed by atoms with E-state index >= 15 is 0 Å². The monoisotopic (exact) mass is 346 g/mol. The molecule has 2 saturated heterocycles. The molecule has 2 aliphatic heterocycles. The van der Waals surface area contributed by atoms with Gasteiger partial charge in [-0.05, 0) is 12.1 Å². The van der Waals surface area contributed by atoms with Crippen molar-refractivity contribution < 1.29 is 27.5 Å². The number of amides is 1. The van der Waals surface area contributed by atoms with Crippen molar-refractivity contribution in [1.29, 1.82) is 0 Å². The Hall–Kier alpha value is -1.67. The smallest absolute Gasteiger partial charge is 0.256 e. The summed E-state index contributed by atoms with van der Waals surface area (Å²) in [5.74, 6) is -5.07. The highest BCUT2D eigenvalue weighted by atomic mass is 19.3. The number of carbonyl (C=O) groups is 1. The second-order valence-corrected chi connectivity index (χ2v) is 6.36. The van der Waals surface area contributed by atoms with Crippen molar-refractivity contribution in [2.75, 3.05) is 26.2 Å². The first-order valence-corrected chi connectivity index (χ1v) is 7.81. The van der Waals surface area contributed by atoms with Crippen LogP contribution in [0.25, 0.3) is 0 Å². The summed E-state index contributed by atoms with van der Waals surface area (Å²) in [7, 11) is 0. The van der Waals surface area contributed by atoms with Gasteiger partial charge in [0.2, 0.25) is 0 Å². The zero-order chi connectivity index (χ0) is 17.5. The Labute approximate surface area is 136 Å². The number of aliphatic hydroxyl groups is 1. The van der Waals surface area contributed by atoms with Gasteiger partial charge in [-0.2, -0.15) is 0 Å². The number of benzene rings is 1. The van der Waals surface area contributed by atoms with Gasteiger partial charge in [-0.15, -0.1) is 0 Å². The summed E-state index contributed by atoms with van der Waals surface area (Å²) in [5, 5.41) is 10.2. The van der Waals surface area contributed by atoms with Crippen LogP contribution in [0.15, 0.2) is 18.2 Å². The fourth-order valence-electron chi connectivity index (χ4n) is 3.31. The molecule has 0 spiro atoms. The third kappa shape index (κ3) is 3.39. The Kier molecular flexibility index (Phi) is 4.52. The molecule has 2 heterocycles. The van der Waals surface area contributed by atoms with Crippen LogP contribution in [0.2, 0.25) is 0 Å². The maximum Gasteiger partial charge on any atom is 0.256 e. The van der Waals surface area contributed by atoms with Crippen LogP contribution in [0.1, 0.15) is 23.2 Å². The first kappa shape index (κ1) is 17.2. The van der Waals surface area contributed by atoms with Crippen molar-refractivity contribution in [1.82, 2.24) is 9.80 Å². The van der Waals surface area contributed by atoms with Crippen LogP contribution in [0.5, 0.6) is 0 Å². The van der Waals surface area contributed by atoms with Gasteiger partial charge in [0.1, 0.15) is 11.6 Å². The Morgan fingerprint density at radius 3 is 2.46 bits per heavy atom. The summed E-state index contributed by atoms with van der Waals surface area (Å²) in [5.41, 5.74) is -0.269. The lowest BCUT2D eigenvalue weighted by Gasteiger charge is -2.36. The van der Waals surface area contributed by atoms with Gasteiger partial charge in [0.15, 0.2) is 0 Å². The summed E-state index contributed by atoms with van der Waals surface area (Å²) < 4.78 is 53.2. The fraction of sp³-hybridized carbons (Fsp3) is 0.562. The van der Waals surface area contributed by atoms with Crippen LogP contribution in [-0.4, -0.2) is 65.1 Å². The molecule has 0 unspecified atom stereocenters. The van der Waals surface area contributed by atoms with Gasteiger partial charge >= 0.3 is 0 Å². The summed E-state index contributed by atoms with van der Waals surface area (Å²) in [6, 6.07) is 2.24. The third-order valence-corrected chi connectivity index (χ3v) is 4.71. The molecule has 1 aromatic rings. The van der Waals surface area contributed by atoms with Crippen LogP contribution >= 0.6 is 0 Å². The predicted molar refractivity (Wildman–Crippen MR) is 77.8 cm³/mol. The van der Waals surface area contributed by atoms with Crippen molar-refractivity contribution in [3.63, 3.8) is 0 Å². The van der Waals surface area contributed by atoms with E-state index in [0.29, 0.717) is 6.07 Å². The van der Waals surface area contributed by atoms with Crippen molar-refractivity contribution >= 4 is 5.91 Å². The minimum Gasteiger partial charge on any atom is -0.390 e. The molecule has 2 atom stereocenters. The molecule has 0 bridgehead atoms. The first-order chi connectivity index (χ1) is 11.3. The lowest BCUT2D eigenvalue weighted by Crippen LogP contribution is -2.49. The van der Waals surface area contributed by atoms with Crippen LogP contribution in [-0.2, 0) is 0 Å². The maximum absolute atomic E-state index is 13.7. The summed E-state index contributed by atoms with van der Waals surface area (Å²) in [6.45, 7) is 0.402. The van der Waals surface area contributed by atoms with Gasteiger partial charge in [0.25, 0.3) is 11.8 Å². The second kappa shape index (κ2) is 6.33. The average molecular weight is 346 g/mol. The molecule has 1 N–H and O–H groups in total. The molecule has 132 valence electrons. The SMILES string of the molecule is O=C(c1ccc(F)cc1F)N1C[C@@H](O)[C@H](N2CCC(F)(F)CC2)C1. The van der Waals surface area contributed by atoms with Crippen molar-refractivity contribution in [3.05, 3.63) is 35.4 Å². The van der Waals surface area contributed by atoms with Gasteiger partial charge in [-0.1, -0.05) is 0 Å². The number of piperidine rings is 1. The normalized spacial score (nSPS) is 27.5. The summed E-state index contributed by atoms with van der Waals surface area (Å²) >= 11 is 0. The van der Waals surface area contributed by atoms with Gasteiger partial charge in [0, 0.05) is 45.1 Å². The van der Waals surface area contributed by atoms with E-state index < -0.39 is 35.6 Å². The number of hydrogen-bond donors (Lipinski definition) is 1. The zero-order valence-electron chi connectivity index (χ0n) is 12.9. The van der Waals surface area contributed by atoms with Gasteiger partial charge in [-0.3, -0.25) is 9.69 Å². The maximum atomic E-state index is 13.7. The van der Waals surface area contributed by atoms with Crippen molar-refractivity contribution in [2.45, 2.75) is 30.9 Å². The Bertz CT molecular complexity index is 631. The number of alkyl halides is 2. The number of carbonyl (C=O) groups excluding carboxylic acids is 1. The number of nitrogens with zero attached hydrogens (tertiary/aromatic N) is 2. The molecule has 2 aliphatic rings.